The summed E-state index contributed by atoms with van der Waals surface area (Å²) in [4.78, 5) is 0. The molecule has 122 valence electrons. The van der Waals surface area contributed by atoms with Crippen LogP contribution in [0.15, 0.2) is 40.8 Å². The van der Waals surface area contributed by atoms with Crippen molar-refractivity contribution in [3.63, 3.8) is 0 Å². The standard InChI is InChI=1S/C23H24O/c1-14-3-2-4-19-20-10-18(5-6-21(20)24-22(14)19)23-11-15-7-16(12-23)9-17(8-15)13-23/h2-6,10,15-17H,7-9,11-13H2,1H3. The zero-order valence-corrected chi connectivity index (χ0v) is 14.3. The highest BCUT2D eigenvalue weighted by atomic mass is 16.3. The molecular formula is C23H24O. The van der Waals surface area contributed by atoms with Gasteiger partial charge in [-0.15, -0.1) is 0 Å². The second-order valence-corrected chi connectivity index (χ2v) is 8.96. The largest absolute Gasteiger partial charge is 0.456 e. The summed E-state index contributed by atoms with van der Waals surface area (Å²) in [7, 11) is 0. The average Bonchev–Trinajstić information content (AvgIpc) is 2.93. The number of furan rings is 1. The van der Waals surface area contributed by atoms with Gasteiger partial charge in [0.05, 0.1) is 0 Å². The molecule has 2 aromatic carbocycles. The predicted octanol–water partition coefficient (Wildman–Crippen LogP) is 6.36. The SMILES string of the molecule is Cc1cccc2c1oc1ccc(C34CC5CC(CC(C5)C3)C4)cc12. The van der Waals surface area contributed by atoms with Crippen molar-refractivity contribution in [3.8, 4) is 0 Å². The molecule has 0 saturated heterocycles. The van der Waals surface area contributed by atoms with E-state index in [2.05, 4.69) is 43.3 Å². The Labute approximate surface area is 143 Å². The number of aryl methyl sites for hydroxylation is 1. The van der Waals surface area contributed by atoms with Gasteiger partial charge in [-0.3, -0.25) is 0 Å². The van der Waals surface area contributed by atoms with Crippen molar-refractivity contribution < 1.29 is 4.42 Å². The van der Waals surface area contributed by atoms with Crippen LogP contribution in [0.3, 0.4) is 0 Å². The number of para-hydroxylation sites is 1. The lowest BCUT2D eigenvalue weighted by Gasteiger charge is -2.57. The summed E-state index contributed by atoms with van der Waals surface area (Å²) in [5, 5.41) is 2.61. The molecule has 4 fully saturated rings. The molecule has 0 amide bonds. The summed E-state index contributed by atoms with van der Waals surface area (Å²) < 4.78 is 6.16. The molecule has 1 nitrogen and oxygen atoms in total. The van der Waals surface area contributed by atoms with Crippen LogP contribution in [0.5, 0.6) is 0 Å². The molecular weight excluding hydrogens is 292 g/mol. The minimum atomic E-state index is 0.469. The van der Waals surface area contributed by atoms with E-state index in [9.17, 15) is 0 Å². The zero-order valence-electron chi connectivity index (χ0n) is 14.3. The van der Waals surface area contributed by atoms with Crippen LogP contribution in [0, 0.1) is 24.7 Å². The monoisotopic (exact) mass is 316 g/mol. The minimum Gasteiger partial charge on any atom is -0.456 e. The number of fused-ring (bicyclic) bond motifs is 3. The first-order valence-electron chi connectivity index (χ1n) is 9.63. The Balaban J connectivity index is 1.55. The van der Waals surface area contributed by atoms with E-state index in [1.165, 1.54) is 54.9 Å². The van der Waals surface area contributed by atoms with Crippen molar-refractivity contribution in [2.45, 2.75) is 50.9 Å². The molecule has 0 N–H and O–H groups in total. The molecule has 7 rings (SSSR count). The van der Waals surface area contributed by atoms with Gasteiger partial charge in [0.1, 0.15) is 11.2 Å². The van der Waals surface area contributed by atoms with Gasteiger partial charge in [-0.1, -0.05) is 24.3 Å². The molecule has 3 aromatic rings. The highest BCUT2D eigenvalue weighted by molar-refractivity contribution is 6.06. The van der Waals surface area contributed by atoms with Crippen LogP contribution in [0.1, 0.15) is 49.7 Å². The summed E-state index contributed by atoms with van der Waals surface area (Å²) in [5.41, 5.74) is 5.41. The topological polar surface area (TPSA) is 13.1 Å². The zero-order chi connectivity index (χ0) is 15.9. The summed E-state index contributed by atoms with van der Waals surface area (Å²) >= 11 is 0. The van der Waals surface area contributed by atoms with Gasteiger partial charge in [0.25, 0.3) is 0 Å². The maximum Gasteiger partial charge on any atom is 0.138 e. The molecule has 0 aliphatic heterocycles. The Hall–Kier alpha value is -1.76. The van der Waals surface area contributed by atoms with Crippen molar-refractivity contribution in [3.05, 3.63) is 47.5 Å². The molecule has 0 radical (unpaired) electrons. The number of rotatable bonds is 1. The van der Waals surface area contributed by atoms with Gasteiger partial charge in [-0.05, 0) is 91.9 Å². The van der Waals surface area contributed by atoms with Gasteiger partial charge in [0.15, 0.2) is 0 Å². The molecule has 1 aromatic heterocycles. The number of hydrogen-bond acceptors (Lipinski definition) is 1. The lowest BCUT2D eigenvalue weighted by molar-refractivity contribution is -0.00512. The van der Waals surface area contributed by atoms with Crippen molar-refractivity contribution in [2.24, 2.45) is 17.8 Å². The summed E-state index contributed by atoms with van der Waals surface area (Å²) in [6.07, 6.45) is 8.82. The number of hydrogen-bond donors (Lipinski definition) is 0. The Morgan fingerprint density at radius 1 is 0.875 bits per heavy atom. The van der Waals surface area contributed by atoms with Crippen LogP contribution in [-0.4, -0.2) is 0 Å². The molecule has 24 heavy (non-hydrogen) atoms. The highest BCUT2D eigenvalue weighted by Crippen LogP contribution is 2.61. The van der Waals surface area contributed by atoms with Gasteiger partial charge in [0, 0.05) is 10.8 Å². The van der Waals surface area contributed by atoms with Gasteiger partial charge in [-0.25, -0.2) is 0 Å². The normalized spacial score (nSPS) is 34.5. The Morgan fingerprint density at radius 3 is 2.29 bits per heavy atom. The van der Waals surface area contributed by atoms with E-state index in [4.69, 9.17) is 4.42 Å². The second kappa shape index (κ2) is 4.45. The molecule has 4 aliphatic rings. The van der Waals surface area contributed by atoms with E-state index in [1.54, 1.807) is 5.56 Å². The van der Waals surface area contributed by atoms with Crippen molar-refractivity contribution >= 4 is 21.9 Å². The fourth-order valence-corrected chi connectivity index (χ4v) is 6.73. The van der Waals surface area contributed by atoms with E-state index in [1.807, 2.05) is 0 Å². The van der Waals surface area contributed by atoms with Gasteiger partial charge < -0.3 is 4.42 Å². The lowest BCUT2D eigenvalue weighted by atomic mass is 9.48. The molecule has 0 unspecified atom stereocenters. The van der Waals surface area contributed by atoms with Gasteiger partial charge in [-0.2, -0.15) is 0 Å². The minimum absolute atomic E-state index is 0.469. The van der Waals surface area contributed by atoms with Crippen LogP contribution in [0.2, 0.25) is 0 Å². The van der Waals surface area contributed by atoms with Gasteiger partial charge >= 0.3 is 0 Å². The molecule has 0 spiro atoms. The fraction of sp³-hybridized carbons (Fsp3) is 0.478. The maximum atomic E-state index is 6.16. The lowest BCUT2D eigenvalue weighted by Crippen LogP contribution is -2.48. The van der Waals surface area contributed by atoms with Crippen molar-refractivity contribution in [2.75, 3.05) is 0 Å². The first kappa shape index (κ1) is 13.5. The Kier molecular flexibility index (Phi) is 2.50. The van der Waals surface area contributed by atoms with Crippen molar-refractivity contribution in [1.29, 1.82) is 0 Å². The third-order valence-corrected chi connectivity index (χ3v) is 7.34. The fourth-order valence-electron chi connectivity index (χ4n) is 6.73. The van der Waals surface area contributed by atoms with Crippen LogP contribution in [0.25, 0.3) is 21.9 Å². The van der Waals surface area contributed by atoms with Crippen LogP contribution < -0.4 is 0 Å². The predicted molar refractivity (Wildman–Crippen MR) is 98.3 cm³/mol. The smallest absolute Gasteiger partial charge is 0.138 e. The third kappa shape index (κ3) is 1.71. The summed E-state index contributed by atoms with van der Waals surface area (Å²) in [5.74, 6) is 2.99. The van der Waals surface area contributed by atoms with E-state index in [0.717, 1.165) is 28.9 Å². The first-order chi connectivity index (χ1) is 11.7. The van der Waals surface area contributed by atoms with Crippen LogP contribution >= 0.6 is 0 Å². The Morgan fingerprint density at radius 2 is 1.58 bits per heavy atom. The highest BCUT2D eigenvalue weighted by Gasteiger charge is 2.51. The van der Waals surface area contributed by atoms with E-state index in [-0.39, 0.29) is 0 Å². The number of benzene rings is 2. The quantitative estimate of drug-likeness (QED) is 0.509. The summed E-state index contributed by atoms with van der Waals surface area (Å²) in [6.45, 7) is 2.14. The van der Waals surface area contributed by atoms with E-state index < -0.39 is 0 Å². The maximum absolute atomic E-state index is 6.16. The third-order valence-electron chi connectivity index (χ3n) is 7.34. The molecule has 4 saturated carbocycles. The van der Waals surface area contributed by atoms with Gasteiger partial charge in [0.2, 0.25) is 0 Å². The van der Waals surface area contributed by atoms with Crippen molar-refractivity contribution in [1.82, 2.24) is 0 Å². The molecule has 1 heteroatoms. The average molecular weight is 316 g/mol. The van der Waals surface area contributed by atoms with Crippen LogP contribution in [0.4, 0.5) is 0 Å². The Bertz CT molecular complexity index is 925. The summed E-state index contributed by atoms with van der Waals surface area (Å²) in [6, 6.07) is 13.6. The van der Waals surface area contributed by atoms with E-state index in [0.29, 0.717) is 5.41 Å². The second-order valence-electron chi connectivity index (χ2n) is 8.96. The molecule has 4 aliphatic carbocycles. The molecule has 1 heterocycles. The molecule has 0 atom stereocenters. The molecule has 4 bridgehead atoms. The van der Waals surface area contributed by atoms with E-state index >= 15 is 0 Å². The first-order valence-corrected chi connectivity index (χ1v) is 9.63. The van der Waals surface area contributed by atoms with Crippen LogP contribution in [-0.2, 0) is 5.41 Å².